The fraction of sp³-hybridized carbons (Fsp3) is 0.538. The average molecular weight is 315 g/mol. The van der Waals surface area contributed by atoms with Crippen molar-refractivity contribution in [2.24, 2.45) is 11.6 Å². The molecule has 1 fully saturated rings. The maximum Gasteiger partial charge on any atom is 0.345 e. The van der Waals surface area contributed by atoms with E-state index >= 15 is 0 Å². The van der Waals surface area contributed by atoms with Gasteiger partial charge in [-0.25, -0.2) is 5.32 Å². The third-order valence-electron chi connectivity index (χ3n) is 3.60. The molecule has 2 rings (SSSR count). The van der Waals surface area contributed by atoms with Crippen LogP contribution in [0.25, 0.3) is 0 Å². The van der Waals surface area contributed by atoms with Gasteiger partial charge in [0, 0.05) is 13.0 Å². The zero-order valence-electron chi connectivity index (χ0n) is 12.6. The van der Waals surface area contributed by atoms with E-state index < -0.39 is 21.2 Å². The summed E-state index contributed by atoms with van der Waals surface area (Å²) in [7, 11) is -4.00. The van der Waals surface area contributed by atoms with Crippen LogP contribution in [0.5, 0.6) is 0 Å². The van der Waals surface area contributed by atoms with Crippen molar-refractivity contribution < 1.29 is 17.5 Å². The van der Waals surface area contributed by atoms with E-state index in [1.54, 1.807) is 26.0 Å². The third-order valence-corrected chi connectivity index (χ3v) is 5.22. The number of hydroxylamine groups is 2. The Morgan fingerprint density at radius 1 is 1.29 bits per heavy atom. The Morgan fingerprint density at radius 3 is 2.38 bits per heavy atom. The van der Waals surface area contributed by atoms with Gasteiger partial charge in [0.25, 0.3) is 0 Å². The summed E-state index contributed by atoms with van der Waals surface area (Å²) in [4.78, 5) is 0.161. The predicted octanol–water partition coefficient (Wildman–Crippen LogP) is 0.158. The maximum atomic E-state index is 12.6. The summed E-state index contributed by atoms with van der Waals surface area (Å²) in [6, 6.07) is 3.61. The first-order chi connectivity index (χ1) is 9.66. The molecule has 0 spiro atoms. The lowest BCUT2D eigenvalue weighted by Gasteiger charge is -2.36. The van der Waals surface area contributed by atoms with Crippen molar-refractivity contribution in [3.63, 3.8) is 0 Å². The van der Waals surface area contributed by atoms with Gasteiger partial charge >= 0.3 is 10.1 Å². The second-order valence-electron chi connectivity index (χ2n) is 5.59. The first kappa shape index (κ1) is 16.3. The molecule has 0 saturated carbocycles. The molecule has 2 unspecified atom stereocenters. The fourth-order valence-corrected chi connectivity index (χ4v) is 4.25. The molecule has 1 aromatic carbocycles. The predicted molar refractivity (Wildman–Crippen MR) is 78.8 cm³/mol. The molecule has 5 N–H and O–H groups in total. The van der Waals surface area contributed by atoms with E-state index in [0.29, 0.717) is 30.6 Å². The molecule has 21 heavy (non-hydrogen) atoms. The van der Waals surface area contributed by atoms with Gasteiger partial charge in [0.2, 0.25) is 6.29 Å². The van der Waals surface area contributed by atoms with Crippen molar-refractivity contribution in [2.45, 2.75) is 38.4 Å². The van der Waals surface area contributed by atoms with E-state index in [1.165, 1.54) is 0 Å². The minimum Gasteiger partial charge on any atom is -0.264 e. The van der Waals surface area contributed by atoms with Gasteiger partial charge in [0.15, 0.2) is 0 Å². The van der Waals surface area contributed by atoms with E-state index in [9.17, 15) is 8.42 Å². The molecule has 1 saturated heterocycles. The van der Waals surface area contributed by atoms with Crippen molar-refractivity contribution in [1.29, 1.82) is 0 Å². The summed E-state index contributed by atoms with van der Waals surface area (Å²) in [6.45, 7) is 6.41. The summed E-state index contributed by atoms with van der Waals surface area (Å²) in [5, 5.41) is 2.92. The van der Waals surface area contributed by atoms with Gasteiger partial charge in [-0.1, -0.05) is 22.5 Å². The number of nitrogens with zero attached hydrogens (tertiary/aromatic N) is 1. The van der Waals surface area contributed by atoms with Gasteiger partial charge in [0.1, 0.15) is 11.4 Å². The van der Waals surface area contributed by atoms with Crippen LogP contribution < -0.4 is 16.9 Å². The van der Waals surface area contributed by atoms with Gasteiger partial charge < -0.3 is 0 Å². The van der Waals surface area contributed by atoms with Crippen LogP contribution >= 0.6 is 0 Å². The number of benzene rings is 1. The molecule has 1 aromatic rings. The van der Waals surface area contributed by atoms with Crippen LogP contribution in [0.1, 0.15) is 23.1 Å². The molecule has 0 aliphatic carbocycles. The Bertz CT molecular complexity index is 624. The molecular formula is C13H23N4O3S+. The number of nitrogens with one attached hydrogen (secondary N) is 1. The minimum absolute atomic E-state index is 0.161. The van der Waals surface area contributed by atoms with Crippen LogP contribution in [0, 0.1) is 20.8 Å². The highest BCUT2D eigenvalue weighted by Gasteiger charge is 2.42. The van der Waals surface area contributed by atoms with Crippen molar-refractivity contribution in [3.05, 3.63) is 28.8 Å². The topological polar surface area (TPSA) is 107 Å². The molecule has 7 nitrogen and oxygen atoms in total. The quantitative estimate of drug-likeness (QED) is 0.542. The number of quaternary nitrogens is 1. The highest BCUT2D eigenvalue weighted by Crippen LogP contribution is 2.26. The van der Waals surface area contributed by atoms with Crippen LogP contribution in [0.15, 0.2) is 17.0 Å². The van der Waals surface area contributed by atoms with Crippen LogP contribution in [-0.4, -0.2) is 32.6 Å². The van der Waals surface area contributed by atoms with Gasteiger partial charge in [-0.15, -0.1) is 5.84 Å². The lowest BCUT2D eigenvalue weighted by molar-refractivity contribution is -1.11. The summed E-state index contributed by atoms with van der Waals surface area (Å²) in [5.41, 5.74) is 8.12. The minimum atomic E-state index is -4.00. The lowest BCUT2D eigenvalue weighted by atomic mass is 10.1. The zero-order chi connectivity index (χ0) is 15.8. The van der Waals surface area contributed by atoms with Crippen molar-refractivity contribution in [1.82, 2.24) is 5.32 Å². The summed E-state index contributed by atoms with van der Waals surface area (Å²) >= 11 is 0. The second kappa shape index (κ2) is 5.64. The maximum absolute atomic E-state index is 12.6. The number of nitrogens with two attached hydrogens (primary N) is 2. The molecule has 8 heteroatoms. The average Bonchev–Trinajstić information content (AvgIpc) is 2.30. The smallest absolute Gasteiger partial charge is 0.264 e. The van der Waals surface area contributed by atoms with Crippen molar-refractivity contribution in [3.8, 4) is 0 Å². The van der Waals surface area contributed by atoms with Crippen molar-refractivity contribution in [2.75, 3.05) is 13.1 Å². The molecule has 2 atom stereocenters. The molecule has 0 amide bonds. The Kier molecular flexibility index (Phi) is 4.39. The van der Waals surface area contributed by atoms with Crippen LogP contribution in [0.3, 0.4) is 0 Å². The molecule has 1 heterocycles. The van der Waals surface area contributed by atoms with Crippen LogP contribution in [-0.2, 0) is 14.4 Å². The molecular weight excluding hydrogens is 292 g/mol. The largest absolute Gasteiger partial charge is 0.345 e. The van der Waals surface area contributed by atoms with Crippen LogP contribution in [0.4, 0.5) is 0 Å². The lowest BCUT2D eigenvalue weighted by Crippen LogP contribution is -2.72. The molecule has 1 aliphatic rings. The Hall–Kier alpha value is -1.03. The number of rotatable bonds is 3. The van der Waals surface area contributed by atoms with E-state index in [4.69, 9.17) is 15.9 Å². The highest BCUT2D eigenvalue weighted by molar-refractivity contribution is 7.86. The number of hydrogen-bond acceptors (Lipinski definition) is 6. The SMILES string of the molecule is Cc1cc(C)c(S(=O)(=O)O[N+]2(N)CCCNC2N)c(C)c1. The molecule has 0 aromatic heterocycles. The second-order valence-corrected chi connectivity index (χ2v) is 7.05. The summed E-state index contributed by atoms with van der Waals surface area (Å²) < 4.78 is 29.8. The molecule has 118 valence electrons. The first-order valence-electron chi connectivity index (χ1n) is 6.85. The van der Waals surface area contributed by atoms with Gasteiger partial charge in [-0.3, -0.25) is 5.73 Å². The first-order valence-corrected chi connectivity index (χ1v) is 8.26. The zero-order valence-corrected chi connectivity index (χ0v) is 13.4. The van der Waals surface area contributed by atoms with Gasteiger partial charge in [-0.2, -0.15) is 8.42 Å². The summed E-state index contributed by atoms with van der Waals surface area (Å²) in [6.07, 6.45) is -0.0921. The Labute approximate surface area is 125 Å². The number of aryl methyl sites for hydroxylation is 3. The van der Waals surface area contributed by atoms with E-state index in [1.807, 2.05) is 6.92 Å². The molecule has 0 radical (unpaired) electrons. The Morgan fingerprint density at radius 2 is 1.86 bits per heavy atom. The van der Waals surface area contributed by atoms with Crippen molar-refractivity contribution >= 4 is 10.1 Å². The summed E-state index contributed by atoms with van der Waals surface area (Å²) in [5.74, 6) is 6.00. The highest BCUT2D eigenvalue weighted by atomic mass is 32.2. The number of hydrogen-bond donors (Lipinski definition) is 3. The monoisotopic (exact) mass is 315 g/mol. The third kappa shape index (κ3) is 3.25. The van der Waals surface area contributed by atoms with Gasteiger partial charge in [0.05, 0.1) is 0 Å². The van der Waals surface area contributed by atoms with E-state index in [0.717, 1.165) is 5.56 Å². The van der Waals surface area contributed by atoms with E-state index in [-0.39, 0.29) is 4.90 Å². The molecule has 0 bridgehead atoms. The van der Waals surface area contributed by atoms with Gasteiger partial charge in [-0.05, 0) is 36.2 Å². The van der Waals surface area contributed by atoms with Crippen LogP contribution in [0.2, 0.25) is 0 Å². The molecule has 1 aliphatic heterocycles. The standard InChI is InChI=1S/C13H23N4O3S/c1-9-7-10(2)12(11(3)8-9)21(18,19)20-17(15)6-4-5-16-13(17)14/h7-8,13,16H,4-6,14-15H2,1-3H3/q+1. The fourth-order valence-electron chi connectivity index (χ4n) is 2.73. The normalized spacial score (nSPS) is 26.8. The Balaban J connectivity index is 2.39. The van der Waals surface area contributed by atoms with E-state index in [2.05, 4.69) is 5.32 Å².